The van der Waals surface area contributed by atoms with Gasteiger partial charge in [0.2, 0.25) is 11.8 Å². The van der Waals surface area contributed by atoms with Gasteiger partial charge in [-0.3, -0.25) is 9.59 Å². The van der Waals surface area contributed by atoms with Gasteiger partial charge in [0.05, 0.1) is 17.5 Å². The minimum absolute atomic E-state index is 0.0718. The summed E-state index contributed by atoms with van der Waals surface area (Å²) in [6, 6.07) is 34.6. The molecule has 3 nitrogen and oxygen atoms in total. The van der Waals surface area contributed by atoms with E-state index in [9.17, 15) is 9.59 Å². The molecule has 1 fully saturated rings. The average molecular weight is 428 g/mol. The molecule has 1 heterocycles. The molecule has 3 aliphatic carbocycles. The molecule has 3 heteroatoms. The summed E-state index contributed by atoms with van der Waals surface area (Å²) < 4.78 is 0. The van der Waals surface area contributed by atoms with Crippen molar-refractivity contribution < 1.29 is 9.59 Å². The number of hydrogen-bond acceptors (Lipinski definition) is 2. The van der Waals surface area contributed by atoms with E-state index in [0.29, 0.717) is 5.69 Å². The highest BCUT2D eigenvalue weighted by molar-refractivity contribution is 6.23. The van der Waals surface area contributed by atoms with E-state index < -0.39 is 0 Å². The Hall–Kier alpha value is -3.98. The first-order valence-electron chi connectivity index (χ1n) is 11.4. The summed E-state index contributed by atoms with van der Waals surface area (Å²) in [6.07, 6.45) is 0. The Morgan fingerprint density at radius 3 is 1.30 bits per heavy atom. The monoisotopic (exact) mass is 427 g/mol. The van der Waals surface area contributed by atoms with Crippen LogP contribution in [0.1, 0.15) is 34.1 Å². The number of nitrogens with zero attached hydrogens (tertiary/aromatic N) is 1. The van der Waals surface area contributed by atoms with Crippen LogP contribution in [-0.4, -0.2) is 11.8 Å². The number of carbonyl (C=O) groups excluding carboxylic acids is 2. The highest BCUT2D eigenvalue weighted by Gasteiger charge is 2.61. The maximum atomic E-state index is 13.8. The number of benzene rings is 4. The minimum Gasteiger partial charge on any atom is -0.274 e. The Morgan fingerprint density at radius 2 is 0.848 bits per heavy atom. The molecule has 4 aromatic carbocycles. The van der Waals surface area contributed by atoms with E-state index in [1.807, 2.05) is 66.7 Å². The quantitative estimate of drug-likeness (QED) is 0.382. The fourth-order valence-electron chi connectivity index (χ4n) is 6.37. The molecular weight excluding hydrogens is 406 g/mol. The standard InChI is InChI=1S/C30H21NO2/c32-29-27-25-21-10-4-5-11-22(21)26(24-13-7-6-12-23(24)25)28(27)30(33)31(29)20-16-14-19(15-17-20)18-8-2-1-3-9-18/h1-17,25-28H/t25?,26?,27-,28-/m0/s1. The molecule has 4 aliphatic rings. The zero-order valence-electron chi connectivity index (χ0n) is 17.9. The van der Waals surface area contributed by atoms with E-state index in [4.69, 9.17) is 0 Å². The number of rotatable bonds is 2. The number of carbonyl (C=O) groups is 2. The summed E-state index contributed by atoms with van der Waals surface area (Å²) in [5, 5.41) is 0. The van der Waals surface area contributed by atoms with Crippen molar-refractivity contribution in [1.29, 1.82) is 0 Å². The summed E-state index contributed by atoms with van der Waals surface area (Å²) in [5.41, 5.74) is 7.63. The molecule has 8 rings (SSSR count). The number of amides is 2. The summed E-state index contributed by atoms with van der Waals surface area (Å²) in [4.78, 5) is 29.1. The first kappa shape index (κ1) is 18.6. The second-order valence-corrected chi connectivity index (χ2v) is 9.19. The van der Waals surface area contributed by atoms with Crippen LogP contribution in [0.15, 0.2) is 103 Å². The molecule has 0 N–H and O–H groups in total. The van der Waals surface area contributed by atoms with Crippen molar-refractivity contribution >= 4 is 17.5 Å². The van der Waals surface area contributed by atoms with E-state index in [1.165, 1.54) is 27.2 Å². The van der Waals surface area contributed by atoms with Crippen LogP contribution in [0.4, 0.5) is 5.69 Å². The summed E-state index contributed by atoms with van der Waals surface area (Å²) in [7, 11) is 0. The second-order valence-electron chi connectivity index (χ2n) is 9.19. The fourth-order valence-corrected chi connectivity index (χ4v) is 6.37. The van der Waals surface area contributed by atoms with E-state index >= 15 is 0 Å². The SMILES string of the molecule is O=C1[C@H]2C3c4ccccc4C(c4ccccc43)[C@@H]2C(=O)N1c1ccc(-c2ccccc2)cc1. The topological polar surface area (TPSA) is 37.4 Å². The van der Waals surface area contributed by atoms with Crippen LogP contribution in [0.3, 0.4) is 0 Å². The molecular formula is C30H21NO2. The normalized spacial score (nSPS) is 24.4. The molecule has 2 bridgehead atoms. The van der Waals surface area contributed by atoms with Crippen LogP contribution in [0.2, 0.25) is 0 Å². The summed E-state index contributed by atoms with van der Waals surface area (Å²) in [6.45, 7) is 0. The molecule has 0 saturated carbocycles. The van der Waals surface area contributed by atoms with Crippen LogP contribution in [0.5, 0.6) is 0 Å². The number of imide groups is 1. The maximum absolute atomic E-state index is 13.8. The van der Waals surface area contributed by atoms with Crippen LogP contribution >= 0.6 is 0 Å². The van der Waals surface area contributed by atoms with Gasteiger partial charge in [-0.1, -0.05) is 91.0 Å². The Morgan fingerprint density at radius 1 is 0.455 bits per heavy atom. The lowest BCUT2D eigenvalue weighted by Gasteiger charge is -2.45. The zero-order chi connectivity index (χ0) is 22.1. The molecule has 0 aromatic heterocycles. The molecule has 33 heavy (non-hydrogen) atoms. The van der Waals surface area contributed by atoms with Crippen molar-refractivity contribution in [2.24, 2.45) is 11.8 Å². The summed E-state index contributed by atoms with van der Waals surface area (Å²) >= 11 is 0. The van der Waals surface area contributed by atoms with Crippen LogP contribution in [0.25, 0.3) is 11.1 Å². The predicted octanol–water partition coefficient (Wildman–Crippen LogP) is 5.75. The smallest absolute Gasteiger partial charge is 0.238 e. The van der Waals surface area contributed by atoms with Gasteiger partial charge in [0, 0.05) is 11.8 Å². The van der Waals surface area contributed by atoms with Gasteiger partial charge in [0.15, 0.2) is 0 Å². The van der Waals surface area contributed by atoms with Crippen molar-refractivity contribution in [3.63, 3.8) is 0 Å². The predicted molar refractivity (Wildman–Crippen MR) is 128 cm³/mol. The van der Waals surface area contributed by atoms with E-state index in [0.717, 1.165) is 11.1 Å². The Bertz CT molecular complexity index is 1310. The van der Waals surface area contributed by atoms with E-state index in [2.05, 4.69) is 36.4 Å². The molecule has 0 spiro atoms. The van der Waals surface area contributed by atoms with Gasteiger partial charge >= 0.3 is 0 Å². The molecule has 1 aliphatic heterocycles. The number of hydrogen-bond donors (Lipinski definition) is 0. The molecule has 2 atom stereocenters. The maximum Gasteiger partial charge on any atom is 0.238 e. The lowest BCUT2D eigenvalue weighted by molar-refractivity contribution is -0.122. The second kappa shape index (κ2) is 6.76. The van der Waals surface area contributed by atoms with Gasteiger partial charge in [0.1, 0.15) is 0 Å². The van der Waals surface area contributed by atoms with Gasteiger partial charge in [0.25, 0.3) is 0 Å². The van der Waals surface area contributed by atoms with E-state index in [-0.39, 0.29) is 35.5 Å². The van der Waals surface area contributed by atoms with Crippen molar-refractivity contribution in [3.05, 3.63) is 125 Å². The molecule has 1 saturated heterocycles. The van der Waals surface area contributed by atoms with Crippen molar-refractivity contribution in [2.45, 2.75) is 11.8 Å². The van der Waals surface area contributed by atoms with Gasteiger partial charge in [-0.05, 0) is 45.5 Å². The van der Waals surface area contributed by atoms with Gasteiger partial charge < -0.3 is 0 Å². The number of anilines is 1. The van der Waals surface area contributed by atoms with Gasteiger partial charge in [-0.2, -0.15) is 0 Å². The fraction of sp³-hybridized carbons (Fsp3) is 0.133. The van der Waals surface area contributed by atoms with E-state index in [1.54, 1.807) is 0 Å². The Balaban J connectivity index is 1.33. The van der Waals surface area contributed by atoms with Crippen molar-refractivity contribution in [3.8, 4) is 11.1 Å². The molecule has 4 aromatic rings. The van der Waals surface area contributed by atoms with Crippen molar-refractivity contribution in [1.82, 2.24) is 0 Å². The average Bonchev–Trinajstić information content (AvgIpc) is 3.15. The Kier molecular flexibility index (Phi) is 3.80. The first-order valence-corrected chi connectivity index (χ1v) is 11.4. The zero-order valence-corrected chi connectivity index (χ0v) is 17.9. The van der Waals surface area contributed by atoms with Crippen LogP contribution in [-0.2, 0) is 9.59 Å². The van der Waals surface area contributed by atoms with Crippen molar-refractivity contribution in [2.75, 3.05) is 4.90 Å². The third kappa shape index (κ3) is 2.45. The van der Waals surface area contributed by atoms with Gasteiger partial charge in [-0.25, -0.2) is 4.90 Å². The third-order valence-corrected chi connectivity index (χ3v) is 7.68. The third-order valence-electron chi connectivity index (χ3n) is 7.68. The Labute approximate surface area is 192 Å². The molecule has 0 unspecified atom stereocenters. The summed E-state index contributed by atoms with van der Waals surface area (Å²) in [5.74, 6) is -0.981. The van der Waals surface area contributed by atoms with Gasteiger partial charge in [-0.15, -0.1) is 0 Å². The minimum atomic E-state index is -0.346. The first-order chi connectivity index (χ1) is 16.2. The lowest BCUT2D eigenvalue weighted by atomic mass is 9.55. The highest BCUT2D eigenvalue weighted by atomic mass is 16.2. The molecule has 158 valence electrons. The highest BCUT2D eigenvalue weighted by Crippen LogP contribution is 2.61. The molecule has 0 radical (unpaired) electrons. The van der Waals surface area contributed by atoms with Crippen LogP contribution < -0.4 is 4.90 Å². The largest absolute Gasteiger partial charge is 0.274 e. The lowest BCUT2D eigenvalue weighted by Crippen LogP contribution is -2.41. The van der Waals surface area contributed by atoms with Crippen LogP contribution in [0, 0.1) is 11.8 Å². The molecule has 2 amide bonds.